The van der Waals surface area contributed by atoms with E-state index in [9.17, 15) is 13.2 Å². The van der Waals surface area contributed by atoms with Gasteiger partial charge in [-0.3, -0.25) is 4.90 Å². The molecule has 128 valence electrons. The molecule has 3 heterocycles. The largest absolute Gasteiger partial charge is 0.433 e. The highest BCUT2D eigenvalue weighted by atomic mass is 19.4. The molecule has 0 amide bonds. The van der Waals surface area contributed by atoms with Gasteiger partial charge < -0.3 is 9.64 Å². The van der Waals surface area contributed by atoms with Crippen LogP contribution in [0.3, 0.4) is 0 Å². The lowest BCUT2D eigenvalue weighted by atomic mass is 10.0. The minimum absolute atomic E-state index is 0.158. The van der Waals surface area contributed by atoms with E-state index in [1.165, 1.54) is 6.92 Å². The molecule has 1 aromatic heterocycles. The molecule has 0 spiro atoms. The second-order valence-corrected chi connectivity index (χ2v) is 6.02. The summed E-state index contributed by atoms with van der Waals surface area (Å²) >= 11 is 0. The number of anilines is 1. The Morgan fingerprint density at radius 2 is 1.74 bits per heavy atom. The van der Waals surface area contributed by atoms with Crippen molar-refractivity contribution in [3.05, 3.63) is 17.6 Å². The molecule has 2 aliphatic rings. The van der Waals surface area contributed by atoms with Crippen LogP contribution >= 0.6 is 0 Å². The lowest BCUT2D eigenvalue weighted by molar-refractivity contribution is -0.141. The van der Waals surface area contributed by atoms with Crippen LogP contribution in [-0.4, -0.2) is 60.3 Å². The van der Waals surface area contributed by atoms with Crippen molar-refractivity contribution in [3.8, 4) is 0 Å². The topological polar surface area (TPSA) is 41.5 Å². The predicted octanol–water partition coefficient (Wildman–Crippen LogP) is 2.10. The SMILES string of the molecule is Cc1nc(N2CCC(N3CCOCC3)CC2)cc(C(F)(F)F)n1. The Hall–Kier alpha value is -1.41. The third-order valence-corrected chi connectivity index (χ3v) is 4.47. The van der Waals surface area contributed by atoms with Gasteiger partial charge in [-0.05, 0) is 19.8 Å². The molecular formula is C15H21F3N4O. The summed E-state index contributed by atoms with van der Waals surface area (Å²) in [4.78, 5) is 12.0. The highest BCUT2D eigenvalue weighted by Crippen LogP contribution is 2.30. The van der Waals surface area contributed by atoms with Gasteiger partial charge in [0.05, 0.1) is 13.2 Å². The zero-order valence-electron chi connectivity index (χ0n) is 13.1. The van der Waals surface area contributed by atoms with Crippen molar-refractivity contribution in [1.82, 2.24) is 14.9 Å². The van der Waals surface area contributed by atoms with E-state index in [0.29, 0.717) is 11.9 Å². The second kappa shape index (κ2) is 6.60. The molecule has 5 nitrogen and oxygen atoms in total. The van der Waals surface area contributed by atoms with E-state index in [4.69, 9.17) is 4.74 Å². The van der Waals surface area contributed by atoms with Gasteiger partial charge in [-0.25, -0.2) is 9.97 Å². The summed E-state index contributed by atoms with van der Waals surface area (Å²) in [5.74, 6) is 0.537. The van der Waals surface area contributed by atoms with Crippen LogP contribution < -0.4 is 4.90 Å². The molecule has 3 rings (SSSR count). The number of morpholine rings is 1. The van der Waals surface area contributed by atoms with Gasteiger partial charge in [-0.2, -0.15) is 13.2 Å². The molecule has 0 atom stereocenters. The van der Waals surface area contributed by atoms with E-state index < -0.39 is 11.9 Å². The molecule has 8 heteroatoms. The number of nitrogens with zero attached hydrogens (tertiary/aromatic N) is 4. The Balaban J connectivity index is 1.66. The van der Waals surface area contributed by atoms with Crippen LogP contribution in [0.1, 0.15) is 24.4 Å². The molecule has 0 aliphatic carbocycles. The average Bonchev–Trinajstić information content (AvgIpc) is 2.54. The van der Waals surface area contributed by atoms with Crippen molar-refractivity contribution in [2.24, 2.45) is 0 Å². The van der Waals surface area contributed by atoms with Gasteiger partial charge in [0.25, 0.3) is 0 Å². The van der Waals surface area contributed by atoms with Crippen molar-refractivity contribution in [1.29, 1.82) is 0 Å². The number of halogens is 3. The normalized spacial score (nSPS) is 21.7. The number of piperidine rings is 1. The first kappa shape index (κ1) is 16.4. The summed E-state index contributed by atoms with van der Waals surface area (Å²) in [5.41, 5.74) is -0.865. The van der Waals surface area contributed by atoms with Crippen molar-refractivity contribution in [2.75, 3.05) is 44.3 Å². The van der Waals surface area contributed by atoms with Gasteiger partial charge in [0, 0.05) is 38.3 Å². The number of hydrogen-bond acceptors (Lipinski definition) is 5. The molecule has 0 bridgehead atoms. The van der Waals surface area contributed by atoms with Gasteiger partial charge in [0.15, 0.2) is 0 Å². The summed E-state index contributed by atoms with van der Waals surface area (Å²) in [6.45, 7) is 6.34. The van der Waals surface area contributed by atoms with Gasteiger partial charge >= 0.3 is 6.18 Å². The number of hydrogen-bond donors (Lipinski definition) is 0. The van der Waals surface area contributed by atoms with Crippen molar-refractivity contribution in [2.45, 2.75) is 32.0 Å². The number of ether oxygens (including phenoxy) is 1. The summed E-state index contributed by atoms with van der Waals surface area (Å²) in [6.07, 6.45) is -2.57. The first-order valence-electron chi connectivity index (χ1n) is 7.93. The van der Waals surface area contributed by atoms with Crippen LogP contribution in [0.25, 0.3) is 0 Å². The third kappa shape index (κ3) is 3.92. The molecule has 2 fully saturated rings. The minimum atomic E-state index is -4.44. The number of alkyl halides is 3. The van der Waals surface area contributed by atoms with E-state index in [2.05, 4.69) is 14.9 Å². The molecular weight excluding hydrogens is 309 g/mol. The fraction of sp³-hybridized carbons (Fsp3) is 0.733. The van der Waals surface area contributed by atoms with E-state index in [0.717, 1.165) is 58.3 Å². The maximum absolute atomic E-state index is 12.9. The minimum Gasteiger partial charge on any atom is -0.379 e. The predicted molar refractivity (Wildman–Crippen MR) is 79.4 cm³/mol. The summed E-state index contributed by atoms with van der Waals surface area (Å²) in [7, 11) is 0. The summed E-state index contributed by atoms with van der Waals surface area (Å²) in [5, 5.41) is 0. The highest BCUT2D eigenvalue weighted by molar-refractivity contribution is 5.41. The first-order chi connectivity index (χ1) is 10.9. The molecule has 0 saturated carbocycles. The molecule has 0 unspecified atom stereocenters. The fourth-order valence-electron chi connectivity index (χ4n) is 3.26. The highest BCUT2D eigenvalue weighted by Gasteiger charge is 2.34. The summed E-state index contributed by atoms with van der Waals surface area (Å²) in [6, 6.07) is 1.54. The lowest BCUT2D eigenvalue weighted by Crippen LogP contribution is -2.49. The molecule has 0 N–H and O–H groups in total. The fourth-order valence-corrected chi connectivity index (χ4v) is 3.26. The van der Waals surface area contributed by atoms with Crippen LogP contribution in [-0.2, 0) is 10.9 Å². The standard InChI is InChI=1S/C15H21F3N4O/c1-11-19-13(15(16,17)18)10-14(20-11)22-4-2-12(3-5-22)21-6-8-23-9-7-21/h10,12H,2-9H2,1H3. The van der Waals surface area contributed by atoms with Crippen LogP contribution in [0, 0.1) is 6.92 Å². The van der Waals surface area contributed by atoms with Gasteiger partial charge in [-0.15, -0.1) is 0 Å². The Bertz CT molecular complexity index is 538. The van der Waals surface area contributed by atoms with E-state index >= 15 is 0 Å². The van der Waals surface area contributed by atoms with Crippen molar-refractivity contribution < 1.29 is 17.9 Å². The number of aromatic nitrogens is 2. The monoisotopic (exact) mass is 330 g/mol. The first-order valence-corrected chi connectivity index (χ1v) is 7.93. The average molecular weight is 330 g/mol. The number of rotatable bonds is 2. The smallest absolute Gasteiger partial charge is 0.379 e. The van der Waals surface area contributed by atoms with E-state index in [1.807, 2.05) is 4.90 Å². The van der Waals surface area contributed by atoms with E-state index in [1.54, 1.807) is 0 Å². The molecule has 1 aromatic rings. The summed E-state index contributed by atoms with van der Waals surface area (Å²) < 4.78 is 44.0. The maximum Gasteiger partial charge on any atom is 0.433 e. The lowest BCUT2D eigenvalue weighted by Gasteiger charge is -2.40. The molecule has 0 radical (unpaired) electrons. The van der Waals surface area contributed by atoms with Crippen LogP contribution in [0.5, 0.6) is 0 Å². The van der Waals surface area contributed by atoms with Crippen LogP contribution in [0.15, 0.2) is 6.07 Å². The Morgan fingerprint density at radius 3 is 2.35 bits per heavy atom. The molecule has 2 saturated heterocycles. The second-order valence-electron chi connectivity index (χ2n) is 6.02. The van der Waals surface area contributed by atoms with Crippen LogP contribution in [0.2, 0.25) is 0 Å². The van der Waals surface area contributed by atoms with Crippen molar-refractivity contribution in [3.63, 3.8) is 0 Å². The van der Waals surface area contributed by atoms with Gasteiger partial charge in [-0.1, -0.05) is 0 Å². The van der Waals surface area contributed by atoms with Gasteiger partial charge in [0.1, 0.15) is 17.3 Å². The third-order valence-electron chi connectivity index (χ3n) is 4.47. The Morgan fingerprint density at radius 1 is 1.09 bits per heavy atom. The Labute approximate surface area is 133 Å². The molecule has 0 aromatic carbocycles. The zero-order chi connectivity index (χ0) is 16.4. The zero-order valence-corrected chi connectivity index (χ0v) is 13.1. The quantitative estimate of drug-likeness (QED) is 0.831. The maximum atomic E-state index is 12.9. The molecule has 2 aliphatic heterocycles. The molecule has 23 heavy (non-hydrogen) atoms. The van der Waals surface area contributed by atoms with E-state index in [-0.39, 0.29) is 5.82 Å². The van der Waals surface area contributed by atoms with Crippen LogP contribution in [0.4, 0.5) is 19.0 Å². The number of aryl methyl sites for hydroxylation is 1. The van der Waals surface area contributed by atoms with Gasteiger partial charge in [0.2, 0.25) is 0 Å². The Kier molecular flexibility index (Phi) is 4.72. The van der Waals surface area contributed by atoms with Crippen molar-refractivity contribution >= 4 is 5.82 Å².